The smallest absolute Gasteiger partial charge is 0.230 e. The minimum atomic E-state index is -0.192. The SMILES string of the molecule is Cc1ccc(-c2cc(CN3CCC4(CCCN(C(C)C)C4=O)C3)on2)cc1. The summed E-state index contributed by atoms with van der Waals surface area (Å²) in [6, 6.07) is 10.6. The normalized spacial score (nSPS) is 23.7. The van der Waals surface area contributed by atoms with Crippen molar-refractivity contribution in [2.75, 3.05) is 19.6 Å². The number of carbonyl (C=O) groups is 1. The molecule has 2 saturated heterocycles. The summed E-state index contributed by atoms with van der Waals surface area (Å²) in [6.45, 7) is 9.70. The van der Waals surface area contributed by atoms with Crippen LogP contribution >= 0.6 is 0 Å². The van der Waals surface area contributed by atoms with Crippen LogP contribution in [-0.2, 0) is 11.3 Å². The number of hydrogen-bond donors (Lipinski definition) is 0. The van der Waals surface area contributed by atoms with Gasteiger partial charge in [-0.25, -0.2) is 0 Å². The van der Waals surface area contributed by atoms with Crippen LogP contribution in [0, 0.1) is 12.3 Å². The third kappa shape index (κ3) is 3.53. The molecular formula is C22H29N3O2. The molecule has 5 heteroatoms. The Hall–Kier alpha value is -2.14. The van der Waals surface area contributed by atoms with Gasteiger partial charge in [-0.3, -0.25) is 9.69 Å². The van der Waals surface area contributed by atoms with Gasteiger partial charge in [-0.2, -0.15) is 0 Å². The fraction of sp³-hybridized carbons (Fsp3) is 0.545. The lowest BCUT2D eigenvalue weighted by molar-refractivity contribution is -0.147. The molecule has 1 amide bonds. The van der Waals surface area contributed by atoms with E-state index in [1.807, 2.05) is 6.07 Å². The largest absolute Gasteiger partial charge is 0.359 e. The highest BCUT2D eigenvalue weighted by molar-refractivity contribution is 5.84. The van der Waals surface area contributed by atoms with Crippen LogP contribution in [0.1, 0.15) is 44.4 Å². The van der Waals surface area contributed by atoms with Crippen molar-refractivity contribution in [1.29, 1.82) is 0 Å². The Balaban J connectivity index is 1.43. The second-order valence-corrected chi connectivity index (χ2v) is 8.48. The van der Waals surface area contributed by atoms with Gasteiger partial charge in [-0.05, 0) is 46.6 Å². The van der Waals surface area contributed by atoms with E-state index in [1.165, 1.54) is 5.56 Å². The molecule has 0 N–H and O–H groups in total. The van der Waals surface area contributed by atoms with Crippen LogP contribution in [0.3, 0.4) is 0 Å². The molecule has 0 saturated carbocycles. The quantitative estimate of drug-likeness (QED) is 0.823. The maximum Gasteiger partial charge on any atom is 0.230 e. The number of aromatic nitrogens is 1. The van der Waals surface area contributed by atoms with E-state index in [9.17, 15) is 4.79 Å². The van der Waals surface area contributed by atoms with Crippen molar-refractivity contribution < 1.29 is 9.32 Å². The van der Waals surface area contributed by atoms with E-state index in [-0.39, 0.29) is 11.5 Å². The highest BCUT2D eigenvalue weighted by atomic mass is 16.5. The van der Waals surface area contributed by atoms with E-state index in [4.69, 9.17) is 4.52 Å². The molecule has 1 aromatic heterocycles. The molecule has 0 radical (unpaired) electrons. The first-order valence-electron chi connectivity index (χ1n) is 10.0. The molecule has 0 aliphatic carbocycles. The predicted molar refractivity (Wildman–Crippen MR) is 105 cm³/mol. The van der Waals surface area contributed by atoms with Crippen molar-refractivity contribution in [3.63, 3.8) is 0 Å². The summed E-state index contributed by atoms with van der Waals surface area (Å²) in [7, 11) is 0. The van der Waals surface area contributed by atoms with Crippen LogP contribution in [0.5, 0.6) is 0 Å². The van der Waals surface area contributed by atoms with Gasteiger partial charge in [0, 0.05) is 30.8 Å². The molecule has 1 unspecified atom stereocenters. The summed E-state index contributed by atoms with van der Waals surface area (Å²) in [5.41, 5.74) is 2.99. The number of likely N-dealkylation sites (tertiary alicyclic amines) is 2. The van der Waals surface area contributed by atoms with Crippen LogP contribution in [0.2, 0.25) is 0 Å². The number of aryl methyl sites for hydroxylation is 1. The number of rotatable bonds is 4. The van der Waals surface area contributed by atoms with Crippen molar-refractivity contribution in [2.24, 2.45) is 5.41 Å². The van der Waals surface area contributed by atoms with E-state index in [0.717, 1.165) is 62.5 Å². The first-order valence-corrected chi connectivity index (χ1v) is 10.0. The van der Waals surface area contributed by atoms with E-state index in [0.29, 0.717) is 5.91 Å². The van der Waals surface area contributed by atoms with Crippen LogP contribution in [0.4, 0.5) is 0 Å². The summed E-state index contributed by atoms with van der Waals surface area (Å²) in [5.74, 6) is 1.22. The van der Waals surface area contributed by atoms with E-state index in [2.05, 4.69) is 60.0 Å². The second-order valence-electron chi connectivity index (χ2n) is 8.48. The molecule has 27 heavy (non-hydrogen) atoms. The summed E-state index contributed by atoms with van der Waals surface area (Å²) in [5, 5.41) is 4.24. The average Bonchev–Trinajstić information content (AvgIpc) is 3.26. The first-order chi connectivity index (χ1) is 13.0. The predicted octanol–water partition coefficient (Wildman–Crippen LogP) is 3.87. The van der Waals surface area contributed by atoms with Crippen LogP contribution in [0.15, 0.2) is 34.9 Å². The average molecular weight is 367 g/mol. The molecule has 2 aliphatic heterocycles. The number of amides is 1. The van der Waals surface area contributed by atoms with Gasteiger partial charge in [0.2, 0.25) is 5.91 Å². The Bertz CT molecular complexity index is 811. The van der Waals surface area contributed by atoms with Gasteiger partial charge in [0.25, 0.3) is 0 Å². The van der Waals surface area contributed by atoms with E-state index < -0.39 is 0 Å². The third-order valence-corrected chi connectivity index (χ3v) is 6.11. The molecule has 3 heterocycles. The molecule has 5 nitrogen and oxygen atoms in total. The number of hydrogen-bond acceptors (Lipinski definition) is 4. The van der Waals surface area contributed by atoms with Gasteiger partial charge in [0.05, 0.1) is 12.0 Å². The van der Waals surface area contributed by atoms with Crippen LogP contribution in [0.25, 0.3) is 11.3 Å². The molecular weight excluding hydrogens is 338 g/mol. The summed E-state index contributed by atoms with van der Waals surface area (Å²) in [6.07, 6.45) is 3.07. The minimum absolute atomic E-state index is 0.192. The van der Waals surface area contributed by atoms with Crippen molar-refractivity contribution in [3.05, 3.63) is 41.7 Å². The van der Waals surface area contributed by atoms with Gasteiger partial charge in [-0.1, -0.05) is 35.0 Å². The van der Waals surface area contributed by atoms with Crippen molar-refractivity contribution in [1.82, 2.24) is 15.0 Å². The molecule has 1 atom stereocenters. The lowest BCUT2D eigenvalue weighted by atomic mass is 9.78. The third-order valence-electron chi connectivity index (χ3n) is 6.11. The first kappa shape index (κ1) is 18.2. The molecule has 0 bridgehead atoms. The van der Waals surface area contributed by atoms with Crippen molar-refractivity contribution in [2.45, 2.75) is 52.6 Å². The van der Waals surface area contributed by atoms with Gasteiger partial charge in [0.15, 0.2) is 5.76 Å². The minimum Gasteiger partial charge on any atom is -0.359 e. The molecule has 4 rings (SSSR count). The Morgan fingerprint density at radius 1 is 1.19 bits per heavy atom. The summed E-state index contributed by atoms with van der Waals surface area (Å²) < 4.78 is 5.59. The lowest BCUT2D eigenvalue weighted by Gasteiger charge is -2.41. The Kier molecular flexibility index (Phi) is 4.81. The standard InChI is InChI=1S/C22H29N3O2/c1-16(2)25-11-4-9-22(21(25)26)10-12-24(15-22)14-19-13-20(23-27-19)18-7-5-17(3)6-8-18/h5-8,13,16H,4,9-12,14-15H2,1-3H3. The Morgan fingerprint density at radius 2 is 1.96 bits per heavy atom. The fourth-order valence-electron chi connectivity index (χ4n) is 4.53. The topological polar surface area (TPSA) is 49.6 Å². The zero-order valence-corrected chi connectivity index (χ0v) is 16.6. The number of piperidine rings is 1. The maximum absolute atomic E-state index is 13.1. The molecule has 2 aliphatic rings. The molecule has 1 aromatic carbocycles. The zero-order chi connectivity index (χ0) is 19.0. The molecule has 144 valence electrons. The Morgan fingerprint density at radius 3 is 2.70 bits per heavy atom. The number of carbonyl (C=O) groups excluding carboxylic acids is 1. The number of nitrogens with zero attached hydrogens (tertiary/aromatic N) is 3. The molecule has 2 aromatic rings. The van der Waals surface area contributed by atoms with Gasteiger partial charge in [-0.15, -0.1) is 0 Å². The number of benzene rings is 1. The van der Waals surface area contributed by atoms with Crippen molar-refractivity contribution in [3.8, 4) is 11.3 Å². The highest BCUT2D eigenvalue weighted by Gasteiger charge is 2.48. The second kappa shape index (κ2) is 7.12. The molecule has 1 spiro atoms. The van der Waals surface area contributed by atoms with Gasteiger partial charge >= 0.3 is 0 Å². The molecule has 2 fully saturated rings. The van der Waals surface area contributed by atoms with Crippen LogP contribution < -0.4 is 0 Å². The highest BCUT2D eigenvalue weighted by Crippen LogP contribution is 2.41. The van der Waals surface area contributed by atoms with Crippen LogP contribution in [-0.4, -0.2) is 46.5 Å². The zero-order valence-electron chi connectivity index (χ0n) is 16.6. The monoisotopic (exact) mass is 367 g/mol. The Labute approximate surface area is 161 Å². The van der Waals surface area contributed by atoms with E-state index >= 15 is 0 Å². The van der Waals surface area contributed by atoms with Crippen molar-refractivity contribution >= 4 is 5.91 Å². The maximum atomic E-state index is 13.1. The summed E-state index contributed by atoms with van der Waals surface area (Å²) >= 11 is 0. The van der Waals surface area contributed by atoms with Gasteiger partial charge in [0.1, 0.15) is 5.69 Å². The summed E-state index contributed by atoms with van der Waals surface area (Å²) in [4.78, 5) is 17.5. The van der Waals surface area contributed by atoms with Gasteiger partial charge < -0.3 is 9.42 Å². The van der Waals surface area contributed by atoms with E-state index in [1.54, 1.807) is 0 Å². The fourth-order valence-corrected chi connectivity index (χ4v) is 4.53. The lowest BCUT2D eigenvalue weighted by Crippen LogP contribution is -2.52.